The Hall–Kier alpha value is -0.860. The molecule has 0 radical (unpaired) electrons. The van der Waals surface area contributed by atoms with Crippen molar-refractivity contribution in [3.05, 3.63) is 28.2 Å². The first-order valence-corrected chi connectivity index (χ1v) is 9.33. The lowest BCUT2D eigenvalue weighted by Crippen LogP contribution is -2.36. The molecule has 114 valence electrons. The predicted octanol–water partition coefficient (Wildman–Crippen LogP) is 3.12. The van der Waals surface area contributed by atoms with Crippen molar-refractivity contribution in [2.75, 3.05) is 29.1 Å². The minimum absolute atomic E-state index is 0.132. The highest BCUT2D eigenvalue weighted by Crippen LogP contribution is 2.24. The molecule has 0 spiro atoms. The van der Waals surface area contributed by atoms with Gasteiger partial charge < -0.3 is 15.7 Å². The minimum Gasteiger partial charge on any atom is -0.478 e. The largest absolute Gasteiger partial charge is 0.478 e. The van der Waals surface area contributed by atoms with Gasteiger partial charge in [0, 0.05) is 33.5 Å². The summed E-state index contributed by atoms with van der Waals surface area (Å²) < 4.78 is 0.644. The van der Waals surface area contributed by atoms with E-state index < -0.39 is 5.97 Å². The molecular weight excluding hydrogens is 376 g/mol. The van der Waals surface area contributed by atoms with Crippen LogP contribution in [-0.4, -0.2) is 46.2 Å². The number of carboxylic acids is 1. The molecule has 0 saturated carbocycles. The second-order valence-electron chi connectivity index (χ2n) is 4.40. The van der Waals surface area contributed by atoms with E-state index >= 15 is 0 Å². The zero-order valence-electron chi connectivity index (χ0n) is 11.1. The van der Waals surface area contributed by atoms with E-state index in [0.29, 0.717) is 22.0 Å². The van der Waals surface area contributed by atoms with Gasteiger partial charge in [0.2, 0.25) is 0 Å². The molecule has 2 amide bonds. The number of carboxylic acid groups (broad SMARTS) is 1. The topological polar surface area (TPSA) is 78.4 Å². The van der Waals surface area contributed by atoms with Gasteiger partial charge in [-0.2, -0.15) is 23.5 Å². The molecule has 1 unspecified atom stereocenters. The molecule has 3 N–H and O–H groups in total. The summed E-state index contributed by atoms with van der Waals surface area (Å²) in [5.41, 5.74) is 0.575. The van der Waals surface area contributed by atoms with E-state index in [1.165, 1.54) is 17.9 Å². The molecule has 0 aromatic heterocycles. The number of urea groups is 1. The second kappa shape index (κ2) is 7.95. The zero-order valence-corrected chi connectivity index (χ0v) is 14.3. The van der Waals surface area contributed by atoms with E-state index in [4.69, 9.17) is 5.11 Å². The fourth-order valence-corrected chi connectivity index (χ4v) is 4.74. The molecule has 1 aromatic rings. The normalized spacial score (nSPS) is 18.0. The highest BCUT2D eigenvalue weighted by atomic mass is 79.9. The fourth-order valence-electron chi connectivity index (χ4n) is 1.78. The minimum atomic E-state index is -1.03. The van der Waals surface area contributed by atoms with Crippen molar-refractivity contribution >= 4 is 57.1 Å². The number of carbonyl (C=O) groups is 2. The van der Waals surface area contributed by atoms with Gasteiger partial charge in [-0.05, 0) is 34.1 Å². The molecule has 1 saturated heterocycles. The van der Waals surface area contributed by atoms with Gasteiger partial charge in [-0.1, -0.05) is 0 Å². The number of benzene rings is 1. The van der Waals surface area contributed by atoms with Gasteiger partial charge in [-0.15, -0.1) is 0 Å². The summed E-state index contributed by atoms with van der Waals surface area (Å²) in [6.07, 6.45) is 0. The van der Waals surface area contributed by atoms with Gasteiger partial charge in [0.25, 0.3) is 0 Å². The lowest BCUT2D eigenvalue weighted by Gasteiger charge is -2.21. The first-order chi connectivity index (χ1) is 10.1. The second-order valence-corrected chi connectivity index (χ2v) is 7.81. The van der Waals surface area contributed by atoms with E-state index in [0.717, 1.165) is 11.5 Å². The molecule has 2 rings (SSSR count). The van der Waals surface area contributed by atoms with Crippen LogP contribution in [0.5, 0.6) is 0 Å². The van der Waals surface area contributed by atoms with Crippen LogP contribution in [0.4, 0.5) is 10.5 Å². The third-order valence-electron chi connectivity index (χ3n) is 2.84. The van der Waals surface area contributed by atoms with Crippen LogP contribution in [-0.2, 0) is 0 Å². The third kappa shape index (κ3) is 5.12. The van der Waals surface area contributed by atoms with E-state index in [1.54, 1.807) is 6.07 Å². The van der Waals surface area contributed by atoms with Crippen molar-refractivity contribution in [3.63, 3.8) is 0 Å². The lowest BCUT2D eigenvalue weighted by molar-refractivity contribution is 0.0697. The predicted molar refractivity (Wildman–Crippen MR) is 91.7 cm³/mol. The third-order valence-corrected chi connectivity index (χ3v) is 6.37. The maximum absolute atomic E-state index is 11.9. The number of amides is 2. The van der Waals surface area contributed by atoms with Crippen molar-refractivity contribution in [1.29, 1.82) is 0 Å². The summed E-state index contributed by atoms with van der Waals surface area (Å²) in [7, 11) is 0. The van der Waals surface area contributed by atoms with Gasteiger partial charge in [-0.25, -0.2) is 9.59 Å². The number of hydrogen-bond acceptors (Lipinski definition) is 4. The number of carbonyl (C=O) groups excluding carboxylic acids is 1. The highest BCUT2D eigenvalue weighted by molar-refractivity contribution is 9.10. The maximum Gasteiger partial charge on any atom is 0.335 e. The molecule has 5 nitrogen and oxygen atoms in total. The van der Waals surface area contributed by atoms with Crippen LogP contribution < -0.4 is 10.6 Å². The summed E-state index contributed by atoms with van der Waals surface area (Å²) in [4.78, 5) is 22.8. The Bertz CT molecular complexity index is 536. The Morgan fingerprint density at radius 2 is 2.19 bits per heavy atom. The highest BCUT2D eigenvalue weighted by Gasteiger charge is 2.15. The number of aromatic carboxylic acids is 1. The molecule has 0 aliphatic carbocycles. The number of thioether (sulfide) groups is 2. The van der Waals surface area contributed by atoms with Crippen molar-refractivity contribution in [3.8, 4) is 0 Å². The molecule has 1 aromatic carbocycles. The number of nitrogens with one attached hydrogen (secondary N) is 2. The number of hydrogen-bond donors (Lipinski definition) is 3. The van der Waals surface area contributed by atoms with E-state index in [9.17, 15) is 9.59 Å². The van der Waals surface area contributed by atoms with Crippen molar-refractivity contribution in [2.24, 2.45) is 0 Å². The quantitative estimate of drug-likeness (QED) is 0.735. The Kier molecular flexibility index (Phi) is 6.25. The van der Waals surface area contributed by atoms with Crippen LogP contribution >= 0.6 is 39.5 Å². The van der Waals surface area contributed by atoms with Crippen LogP contribution in [0, 0.1) is 0 Å². The Morgan fingerprint density at radius 3 is 2.86 bits per heavy atom. The first kappa shape index (κ1) is 16.5. The number of anilines is 1. The molecule has 1 heterocycles. The number of halogens is 1. The van der Waals surface area contributed by atoms with Crippen LogP contribution in [0.15, 0.2) is 22.7 Å². The SMILES string of the molecule is O=C(NCC1CSCCS1)Nc1cc(C(=O)O)ccc1Br. The van der Waals surface area contributed by atoms with E-state index in [2.05, 4.69) is 26.6 Å². The molecule has 21 heavy (non-hydrogen) atoms. The van der Waals surface area contributed by atoms with Crippen molar-refractivity contribution < 1.29 is 14.7 Å². The van der Waals surface area contributed by atoms with Gasteiger partial charge in [0.05, 0.1) is 11.3 Å². The smallest absolute Gasteiger partial charge is 0.335 e. The molecular formula is C13H15BrN2O3S2. The van der Waals surface area contributed by atoms with Crippen molar-refractivity contribution in [1.82, 2.24) is 5.32 Å². The summed E-state index contributed by atoms with van der Waals surface area (Å²) in [6, 6.07) is 4.18. The average Bonchev–Trinajstić information content (AvgIpc) is 2.48. The Labute approximate surface area is 139 Å². The Balaban J connectivity index is 1.89. The number of rotatable bonds is 4. The standard InChI is InChI=1S/C13H15BrN2O3S2/c14-10-2-1-8(12(17)18)5-11(10)16-13(19)15-6-9-7-20-3-4-21-9/h1-2,5,9H,3-4,6-7H2,(H,17,18)(H2,15,16,19). The molecule has 1 atom stereocenters. The van der Waals surface area contributed by atoms with Gasteiger partial charge >= 0.3 is 12.0 Å². The Morgan fingerprint density at radius 1 is 1.38 bits per heavy atom. The van der Waals surface area contributed by atoms with Crippen molar-refractivity contribution in [2.45, 2.75) is 5.25 Å². The van der Waals surface area contributed by atoms with E-state index in [-0.39, 0.29) is 11.6 Å². The van der Waals surface area contributed by atoms with Crippen LogP contribution in [0.3, 0.4) is 0 Å². The molecule has 1 aliphatic rings. The lowest BCUT2D eigenvalue weighted by atomic mass is 10.2. The molecule has 1 fully saturated rings. The van der Waals surface area contributed by atoms with Gasteiger partial charge in [0.15, 0.2) is 0 Å². The molecule has 8 heteroatoms. The van der Waals surface area contributed by atoms with Crippen LogP contribution in [0.2, 0.25) is 0 Å². The fraction of sp³-hybridized carbons (Fsp3) is 0.385. The van der Waals surface area contributed by atoms with E-state index in [1.807, 2.05) is 23.5 Å². The maximum atomic E-state index is 11.9. The molecule has 0 bridgehead atoms. The van der Waals surface area contributed by atoms with Gasteiger partial charge in [0.1, 0.15) is 0 Å². The summed E-state index contributed by atoms with van der Waals surface area (Å²) >= 11 is 7.06. The van der Waals surface area contributed by atoms with Crippen LogP contribution in [0.25, 0.3) is 0 Å². The zero-order chi connectivity index (χ0) is 15.2. The first-order valence-electron chi connectivity index (χ1n) is 6.33. The van der Waals surface area contributed by atoms with Gasteiger partial charge in [-0.3, -0.25) is 0 Å². The monoisotopic (exact) mass is 390 g/mol. The summed E-state index contributed by atoms with van der Waals surface area (Å²) in [6.45, 7) is 0.611. The average molecular weight is 391 g/mol. The summed E-state index contributed by atoms with van der Waals surface area (Å²) in [5, 5.41) is 14.9. The summed E-state index contributed by atoms with van der Waals surface area (Å²) in [5.74, 6) is 2.30. The van der Waals surface area contributed by atoms with Crippen LogP contribution in [0.1, 0.15) is 10.4 Å². The molecule has 1 aliphatic heterocycles.